The third-order valence-electron chi connectivity index (χ3n) is 2.06. The molecule has 1 aromatic rings. The number of nitrogens with zero attached hydrogens (tertiary/aromatic N) is 1. The van der Waals surface area contributed by atoms with Gasteiger partial charge in [-0.2, -0.15) is 0 Å². The van der Waals surface area contributed by atoms with Crippen molar-refractivity contribution < 1.29 is 19.7 Å². The van der Waals surface area contributed by atoms with E-state index in [-0.39, 0.29) is 12.5 Å². The first-order chi connectivity index (χ1) is 7.48. The summed E-state index contributed by atoms with van der Waals surface area (Å²) in [5.41, 5.74) is 6.28. The van der Waals surface area contributed by atoms with Crippen molar-refractivity contribution in [1.82, 2.24) is 4.98 Å². The molecule has 2 unspecified atom stereocenters. The molecule has 0 amide bonds. The van der Waals surface area contributed by atoms with E-state index < -0.39 is 12.0 Å². The van der Waals surface area contributed by atoms with Crippen molar-refractivity contribution in [1.29, 1.82) is 0 Å². The lowest BCUT2D eigenvalue weighted by atomic mass is 10.1. The average Bonchev–Trinajstić information content (AvgIpc) is 2.28. The largest absolute Gasteiger partial charge is 0.422 e. The number of nitrogens with two attached hydrogens (primary N) is 1. The Morgan fingerprint density at radius 1 is 1.56 bits per heavy atom. The summed E-state index contributed by atoms with van der Waals surface area (Å²) >= 11 is 0. The van der Waals surface area contributed by atoms with E-state index in [0.29, 0.717) is 5.56 Å². The number of pyridine rings is 1. The van der Waals surface area contributed by atoms with Crippen LogP contribution in [0.2, 0.25) is 0 Å². The molecule has 0 radical (unpaired) electrons. The maximum atomic E-state index is 9.45. The molecule has 0 aliphatic heterocycles. The first-order valence-electron chi connectivity index (χ1n) is 4.77. The van der Waals surface area contributed by atoms with E-state index in [1.54, 1.807) is 12.1 Å². The fourth-order valence-corrected chi connectivity index (χ4v) is 1.01. The predicted octanol–water partition coefficient (Wildman–Crippen LogP) is -0.235. The summed E-state index contributed by atoms with van der Waals surface area (Å²) in [6, 6.07) is 2.73. The molecular weight excluding hydrogens is 212 g/mol. The van der Waals surface area contributed by atoms with Gasteiger partial charge in [-0.05, 0) is 5.56 Å². The van der Waals surface area contributed by atoms with Gasteiger partial charge in [0.1, 0.15) is 0 Å². The summed E-state index contributed by atoms with van der Waals surface area (Å²) in [6.45, 7) is 1.19. The van der Waals surface area contributed by atoms with Crippen molar-refractivity contribution in [2.45, 2.75) is 18.9 Å². The van der Waals surface area contributed by atoms with Gasteiger partial charge in [-0.25, -0.2) is 4.98 Å². The Kier molecular flexibility index (Phi) is 4.19. The Morgan fingerprint density at radius 3 is 2.69 bits per heavy atom. The smallest absolute Gasteiger partial charge is 0.322 e. The summed E-state index contributed by atoms with van der Waals surface area (Å²) in [5.74, 6) is -1.51. The highest BCUT2D eigenvalue weighted by Gasteiger charge is 2.21. The van der Waals surface area contributed by atoms with Crippen LogP contribution in [0.15, 0.2) is 18.3 Å². The van der Waals surface area contributed by atoms with Crippen LogP contribution in [0.1, 0.15) is 18.5 Å². The second kappa shape index (κ2) is 5.22. The second-order valence-electron chi connectivity index (χ2n) is 3.42. The fraction of sp³-hybridized carbons (Fsp3) is 0.500. The van der Waals surface area contributed by atoms with Gasteiger partial charge in [0.2, 0.25) is 5.88 Å². The maximum absolute atomic E-state index is 9.45. The maximum Gasteiger partial charge on any atom is 0.322 e. The van der Waals surface area contributed by atoms with Gasteiger partial charge in [0.05, 0.1) is 12.6 Å². The minimum Gasteiger partial charge on any atom is -0.422 e. The van der Waals surface area contributed by atoms with Crippen LogP contribution in [-0.2, 0) is 4.74 Å². The van der Waals surface area contributed by atoms with E-state index in [1.807, 2.05) is 0 Å². The summed E-state index contributed by atoms with van der Waals surface area (Å²) < 4.78 is 9.71. The molecule has 1 heterocycles. The third-order valence-corrected chi connectivity index (χ3v) is 2.06. The number of rotatable bonds is 5. The molecule has 0 aromatic carbocycles. The van der Waals surface area contributed by atoms with Crippen molar-refractivity contribution in [3.63, 3.8) is 0 Å². The molecule has 6 nitrogen and oxygen atoms in total. The number of ether oxygens (including phenoxy) is 2. The quantitative estimate of drug-likeness (QED) is 0.602. The number of hydrogen-bond acceptors (Lipinski definition) is 6. The van der Waals surface area contributed by atoms with Crippen molar-refractivity contribution in [3.05, 3.63) is 23.9 Å². The van der Waals surface area contributed by atoms with Crippen LogP contribution < -0.4 is 10.5 Å². The Labute approximate surface area is 93.6 Å². The highest BCUT2D eigenvalue weighted by Crippen LogP contribution is 2.16. The SMILES string of the molecule is COC(C)(O)Oc1ccc(C(N)CO)cn1. The molecule has 0 spiro atoms. The topological polar surface area (TPSA) is 97.8 Å². The van der Waals surface area contributed by atoms with Crippen LogP contribution in [0.4, 0.5) is 0 Å². The van der Waals surface area contributed by atoms with E-state index >= 15 is 0 Å². The third kappa shape index (κ3) is 3.42. The van der Waals surface area contributed by atoms with E-state index in [1.165, 1.54) is 20.2 Å². The second-order valence-corrected chi connectivity index (χ2v) is 3.42. The van der Waals surface area contributed by atoms with Crippen LogP contribution in [0.5, 0.6) is 5.88 Å². The normalized spacial score (nSPS) is 16.6. The molecule has 0 saturated carbocycles. The molecular formula is C10H16N2O4. The predicted molar refractivity (Wildman–Crippen MR) is 56.5 cm³/mol. The number of hydrogen-bond donors (Lipinski definition) is 3. The van der Waals surface area contributed by atoms with Gasteiger partial charge in [0.15, 0.2) is 0 Å². The van der Waals surface area contributed by atoms with Gasteiger partial charge in [0.25, 0.3) is 0 Å². The van der Waals surface area contributed by atoms with Crippen molar-refractivity contribution in [2.75, 3.05) is 13.7 Å². The molecule has 0 aliphatic rings. The zero-order chi connectivity index (χ0) is 12.2. The highest BCUT2D eigenvalue weighted by atomic mass is 16.8. The van der Waals surface area contributed by atoms with Gasteiger partial charge in [-0.3, -0.25) is 0 Å². The van der Waals surface area contributed by atoms with Gasteiger partial charge in [-0.1, -0.05) is 6.07 Å². The number of aliphatic hydroxyl groups is 2. The molecule has 0 fully saturated rings. The molecule has 1 aromatic heterocycles. The molecule has 0 aliphatic carbocycles. The van der Waals surface area contributed by atoms with Crippen LogP contribution in [0.3, 0.4) is 0 Å². The monoisotopic (exact) mass is 228 g/mol. The Bertz CT molecular complexity index is 326. The number of aliphatic hydroxyl groups excluding tert-OH is 1. The van der Waals surface area contributed by atoms with Gasteiger partial charge >= 0.3 is 5.97 Å². The lowest BCUT2D eigenvalue weighted by molar-refractivity contribution is -0.295. The lowest BCUT2D eigenvalue weighted by Crippen LogP contribution is -2.34. The van der Waals surface area contributed by atoms with E-state index in [2.05, 4.69) is 9.72 Å². The van der Waals surface area contributed by atoms with Gasteiger partial charge in [0, 0.05) is 26.3 Å². The molecule has 1 rings (SSSR count). The Balaban J connectivity index is 2.72. The van der Waals surface area contributed by atoms with E-state index in [4.69, 9.17) is 15.6 Å². The Morgan fingerprint density at radius 2 is 2.25 bits per heavy atom. The van der Waals surface area contributed by atoms with Crippen LogP contribution in [0, 0.1) is 0 Å². The molecule has 90 valence electrons. The van der Waals surface area contributed by atoms with Crippen LogP contribution >= 0.6 is 0 Å². The first-order valence-corrected chi connectivity index (χ1v) is 4.77. The van der Waals surface area contributed by atoms with Gasteiger partial charge < -0.3 is 25.4 Å². The van der Waals surface area contributed by atoms with Gasteiger partial charge in [-0.15, -0.1) is 0 Å². The zero-order valence-corrected chi connectivity index (χ0v) is 9.25. The van der Waals surface area contributed by atoms with Crippen LogP contribution in [-0.4, -0.2) is 34.9 Å². The number of aromatic nitrogens is 1. The molecule has 0 saturated heterocycles. The average molecular weight is 228 g/mol. The summed E-state index contributed by atoms with van der Waals surface area (Å²) in [6.07, 6.45) is 1.47. The van der Waals surface area contributed by atoms with Crippen LogP contribution in [0.25, 0.3) is 0 Å². The highest BCUT2D eigenvalue weighted by molar-refractivity contribution is 5.20. The van der Waals surface area contributed by atoms with E-state index in [9.17, 15) is 5.11 Å². The minimum absolute atomic E-state index is 0.155. The molecule has 16 heavy (non-hydrogen) atoms. The summed E-state index contributed by atoms with van der Waals surface area (Å²) in [5, 5.41) is 18.3. The molecule has 2 atom stereocenters. The fourth-order valence-electron chi connectivity index (χ4n) is 1.01. The standard InChI is InChI=1S/C10H16N2O4/c1-10(14,15-2)16-9-4-3-7(5-12-9)8(11)6-13/h3-5,8,13-14H,6,11H2,1-2H3. The lowest BCUT2D eigenvalue weighted by Gasteiger charge is -2.21. The van der Waals surface area contributed by atoms with Crippen molar-refractivity contribution >= 4 is 0 Å². The molecule has 6 heteroatoms. The summed E-state index contributed by atoms with van der Waals surface area (Å²) in [4.78, 5) is 3.93. The minimum atomic E-state index is -1.71. The molecule has 4 N–H and O–H groups in total. The summed E-state index contributed by atoms with van der Waals surface area (Å²) in [7, 11) is 1.32. The van der Waals surface area contributed by atoms with E-state index in [0.717, 1.165) is 0 Å². The zero-order valence-electron chi connectivity index (χ0n) is 9.25. The Hall–Kier alpha value is -1.21. The van der Waals surface area contributed by atoms with Crippen molar-refractivity contribution in [3.8, 4) is 5.88 Å². The number of methoxy groups -OCH3 is 1. The molecule has 0 bridgehead atoms. The van der Waals surface area contributed by atoms with Crippen molar-refractivity contribution in [2.24, 2.45) is 5.73 Å². The first kappa shape index (κ1) is 12.9.